The first-order valence-electron chi connectivity index (χ1n) is 9.93. The van der Waals surface area contributed by atoms with E-state index in [0.29, 0.717) is 48.1 Å². The number of amides is 2. The van der Waals surface area contributed by atoms with Crippen molar-refractivity contribution in [2.24, 2.45) is 0 Å². The third-order valence-electron chi connectivity index (χ3n) is 4.24. The zero-order valence-corrected chi connectivity index (χ0v) is 19.5. The average Bonchev–Trinajstić information content (AvgIpc) is 3.29. The van der Waals surface area contributed by atoms with E-state index in [4.69, 9.17) is 37.4 Å². The Hall–Kier alpha value is -2.99. The molecule has 0 radical (unpaired) electrons. The van der Waals surface area contributed by atoms with Gasteiger partial charge in [0.05, 0.1) is 41.6 Å². The average molecular weight is 496 g/mol. The van der Waals surface area contributed by atoms with Gasteiger partial charge >= 0.3 is 6.03 Å². The second-order valence-electron chi connectivity index (χ2n) is 6.62. The molecule has 1 unspecified atom stereocenters. The Morgan fingerprint density at radius 2 is 1.85 bits per heavy atom. The van der Waals surface area contributed by atoms with Gasteiger partial charge in [-0.15, -0.1) is 0 Å². The number of benzene rings is 1. The van der Waals surface area contributed by atoms with Gasteiger partial charge in [0.25, 0.3) is 5.95 Å². The van der Waals surface area contributed by atoms with Crippen molar-refractivity contribution in [2.75, 3.05) is 38.9 Å². The van der Waals surface area contributed by atoms with Gasteiger partial charge in [-0.25, -0.2) is 19.7 Å². The number of anilines is 1. The Balaban J connectivity index is 1.60. The lowest BCUT2D eigenvalue weighted by molar-refractivity contribution is 0.0544. The second kappa shape index (κ2) is 12.3. The maximum absolute atomic E-state index is 12.6. The molecule has 11 nitrogen and oxygen atoms in total. The van der Waals surface area contributed by atoms with Crippen LogP contribution in [0.25, 0.3) is 5.95 Å². The third-order valence-corrected chi connectivity index (χ3v) is 4.85. The van der Waals surface area contributed by atoms with Crippen molar-refractivity contribution in [1.29, 1.82) is 0 Å². The van der Waals surface area contributed by atoms with Gasteiger partial charge in [0.2, 0.25) is 0 Å². The van der Waals surface area contributed by atoms with Gasteiger partial charge in [-0.1, -0.05) is 23.2 Å². The van der Waals surface area contributed by atoms with Crippen molar-refractivity contribution in [1.82, 2.24) is 30.0 Å². The van der Waals surface area contributed by atoms with E-state index in [2.05, 4.69) is 30.7 Å². The van der Waals surface area contributed by atoms with Crippen LogP contribution < -0.4 is 15.4 Å². The number of carbonyl (C=O) groups excluding carboxylic acids is 1. The van der Waals surface area contributed by atoms with Crippen LogP contribution in [-0.4, -0.2) is 64.3 Å². The van der Waals surface area contributed by atoms with Gasteiger partial charge in [0.15, 0.2) is 5.82 Å². The minimum absolute atomic E-state index is 0.257. The Kier molecular flexibility index (Phi) is 9.19. The van der Waals surface area contributed by atoms with E-state index in [9.17, 15) is 4.79 Å². The minimum atomic E-state index is -0.512. The third kappa shape index (κ3) is 6.99. The summed E-state index contributed by atoms with van der Waals surface area (Å²) < 4.78 is 17.3. The lowest BCUT2D eigenvalue weighted by Gasteiger charge is -2.16. The van der Waals surface area contributed by atoms with Crippen LogP contribution in [0.5, 0.6) is 5.75 Å². The summed E-state index contributed by atoms with van der Waals surface area (Å²) in [5, 5.41) is 10.2. The summed E-state index contributed by atoms with van der Waals surface area (Å²) in [7, 11) is 1.60. The summed E-state index contributed by atoms with van der Waals surface area (Å²) in [6.45, 7) is 3.34. The van der Waals surface area contributed by atoms with E-state index in [0.717, 1.165) is 0 Å². The number of nitrogens with zero attached hydrogens (tertiary/aromatic N) is 5. The molecule has 176 valence electrons. The molecule has 0 aliphatic rings. The molecule has 2 heterocycles. The Morgan fingerprint density at radius 3 is 2.61 bits per heavy atom. The molecule has 2 amide bonds. The molecule has 13 heteroatoms. The van der Waals surface area contributed by atoms with Gasteiger partial charge in [-0.05, 0) is 19.1 Å². The van der Waals surface area contributed by atoms with Gasteiger partial charge in [-0.2, -0.15) is 9.78 Å². The molecule has 0 fully saturated rings. The Bertz CT molecular complexity index is 1050. The highest BCUT2D eigenvalue weighted by Crippen LogP contribution is 2.34. The number of carbonyl (C=O) groups is 1. The molecule has 0 aliphatic heterocycles. The van der Waals surface area contributed by atoms with Crippen LogP contribution in [0.15, 0.2) is 36.9 Å². The Morgan fingerprint density at radius 1 is 1.09 bits per heavy atom. The molecule has 3 rings (SSSR count). The first-order chi connectivity index (χ1) is 16.0. The number of rotatable bonds is 11. The van der Waals surface area contributed by atoms with E-state index in [1.54, 1.807) is 38.6 Å². The van der Waals surface area contributed by atoms with E-state index in [-0.39, 0.29) is 11.6 Å². The summed E-state index contributed by atoms with van der Waals surface area (Å²) >= 11 is 12.4. The number of hydrogen-bond acceptors (Lipinski definition) is 8. The van der Waals surface area contributed by atoms with E-state index in [1.807, 2.05) is 0 Å². The van der Waals surface area contributed by atoms with Crippen LogP contribution in [0.2, 0.25) is 10.0 Å². The van der Waals surface area contributed by atoms with Gasteiger partial charge in [-0.3, -0.25) is 0 Å². The smallest absolute Gasteiger partial charge is 0.319 e. The van der Waals surface area contributed by atoms with E-state index < -0.39 is 12.1 Å². The molecule has 0 spiro atoms. The normalized spacial score (nSPS) is 11.8. The molecule has 0 saturated carbocycles. The van der Waals surface area contributed by atoms with Crippen molar-refractivity contribution in [3.8, 4) is 11.7 Å². The minimum Gasteiger partial charge on any atom is -0.490 e. The van der Waals surface area contributed by atoms with Crippen LogP contribution in [0, 0.1) is 0 Å². The number of hydrogen-bond donors (Lipinski definition) is 2. The standard InChI is InChI=1S/C20H23Cl2N7O4/c1-13(18-25-12-26-29(18)19-23-4-3-5-24-19)27-20(30)28-16-11-17(15(22)10-14(16)21)33-9-8-32-7-6-31-2/h3-5,10-13H,6-9H2,1-2H3,(H2,27,28,30). The number of aromatic nitrogens is 5. The fraction of sp³-hybridized carbons (Fsp3) is 0.350. The largest absolute Gasteiger partial charge is 0.490 e. The summed E-state index contributed by atoms with van der Waals surface area (Å²) in [6.07, 6.45) is 4.54. The zero-order chi connectivity index (χ0) is 23.6. The molecule has 1 atom stereocenters. The Labute approximate surface area is 200 Å². The molecule has 3 aromatic rings. The number of urea groups is 1. The van der Waals surface area contributed by atoms with Gasteiger partial charge in [0.1, 0.15) is 18.7 Å². The number of ether oxygens (including phenoxy) is 3. The maximum Gasteiger partial charge on any atom is 0.319 e. The summed E-state index contributed by atoms with van der Waals surface area (Å²) in [5.41, 5.74) is 0.328. The van der Waals surface area contributed by atoms with Crippen molar-refractivity contribution in [3.05, 3.63) is 52.8 Å². The quantitative estimate of drug-likeness (QED) is 0.388. The predicted molar refractivity (Wildman–Crippen MR) is 122 cm³/mol. The summed E-state index contributed by atoms with van der Waals surface area (Å²) in [6, 6.07) is 3.71. The first-order valence-corrected chi connectivity index (χ1v) is 10.7. The summed E-state index contributed by atoms with van der Waals surface area (Å²) in [5.74, 6) is 1.16. The van der Waals surface area contributed by atoms with Crippen molar-refractivity contribution < 1.29 is 19.0 Å². The van der Waals surface area contributed by atoms with Gasteiger partial charge < -0.3 is 24.8 Å². The lowest BCUT2D eigenvalue weighted by Crippen LogP contribution is -2.32. The second-order valence-corrected chi connectivity index (χ2v) is 7.43. The van der Waals surface area contributed by atoms with Gasteiger partial charge in [0, 0.05) is 25.6 Å². The van der Waals surface area contributed by atoms with E-state index in [1.165, 1.54) is 17.1 Å². The zero-order valence-electron chi connectivity index (χ0n) is 18.0. The van der Waals surface area contributed by atoms with Crippen LogP contribution in [0.3, 0.4) is 0 Å². The number of halogens is 2. The highest BCUT2D eigenvalue weighted by atomic mass is 35.5. The maximum atomic E-state index is 12.6. The molecule has 0 aliphatic carbocycles. The molecular formula is C20H23Cl2N7O4. The lowest BCUT2D eigenvalue weighted by atomic mass is 10.3. The fourth-order valence-corrected chi connectivity index (χ4v) is 3.20. The fourth-order valence-electron chi connectivity index (χ4n) is 2.71. The van der Waals surface area contributed by atoms with Crippen molar-refractivity contribution in [2.45, 2.75) is 13.0 Å². The predicted octanol–water partition coefficient (Wildman–Crippen LogP) is 3.29. The topological polar surface area (TPSA) is 125 Å². The number of nitrogens with one attached hydrogen (secondary N) is 2. The summed E-state index contributed by atoms with van der Waals surface area (Å²) in [4.78, 5) is 25.1. The van der Waals surface area contributed by atoms with Crippen LogP contribution in [-0.2, 0) is 9.47 Å². The van der Waals surface area contributed by atoms with Crippen molar-refractivity contribution >= 4 is 34.9 Å². The highest BCUT2D eigenvalue weighted by molar-refractivity contribution is 6.37. The molecule has 0 bridgehead atoms. The molecular weight excluding hydrogens is 473 g/mol. The van der Waals surface area contributed by atoms with Crippen LogP contribution in [0.1, 0.15) is 18.8 Å². The number of methoxy groups -OCH3 is 1. The SMILES string of the molecule is COCCOCCOc1cc(NC(=O)NC(C)c2ncnn2-c2ncccn2)c(Cl)cc1Cl. The molecule has 0 saturated heterocycles. The van der Waals surface area contributed by atoms with Crippen LogP contribution >= 0.6 is 23.2 Å². The highest BCUT2D eigenvalue weighted by Gasteiger charge is 2.19. The monoisotopic (exact) mass is 495 g/mol. The molecule has 2 N–H and O–H groups in total. The van der Waals surface area contributed by atoms with E-state index >= 15 is 0 Å². The molecule has 2 aromatic heterocycles. The first kappa shape index (κ1) is 24.6. The molecule has 1 aromatic carbocycles. The molecule has 33 heavy (non-hydrogen) atoms. The van der Waals surface area contributed by atoms with Crippen molar-refractivity contribution in [3.63, 3.8) is 0 Å². The van der Waals surface area contributed by atoms with Crippen LogP contribution in [0.4, 0.5) is 10.5 Å².